The number of aromatic nitrogens is 6. The molecule has 0 saturated carbocycles. The summed E-state index contributed by atoms with van der Waals surface area (Å²) in [5.41, 5.74) is 0.316. The van der Waals surface area contributed by atoms with E-state index < -0.39 is 0 Å². The molecule has 0 aliphatic heterocycles. The molecule has 9 nitrogen and oxygen atoms in total. The molecular formula is C14H15N7O2. The molecule has 0 bridgehead atoms. The fourth-order valence-electron chi connectivity index (χ4n) is 1.92. The van der Waals surface area contributed by atoms with E-state index in [4.69, 9.17) is 4.52 Å². The van der Waals surface area contributed by atoms with Crippen LogP contribution in [0.15, 0.2) is 35.4 Å². The quantitative estimate of drug-likeness (QED) is 0.708. The lowest BCUT2D eigenvalue weighted by molar-refractivity contribution is 0.0948. The third-order valence-corrected chi connectivity index (χ3v) is 3.10. The van der Waals surface area contributed by atoms with Gasteiger partial charge in [0.05, 0.1) is 0 Å². The Morgan fingerprint density at radius 2 is 2.09 bits per heavy atom. The molecule has 3 aromatic rings. The summed E-state index contributed by atoms with van der Waals surface area (Å²) in [7, 11) is 0. The SMILES string of the molecule is CCc1noc(CCNC(=O)c2cccc(-n3cnnc3)n2)n1. The van der Waals surface area contributed by atoms with Gasteiger partial charge in [-0.2, -0.15) is 4.98 Å². The Kier molecular flexibility index (Phi) is 4.37. The Morgan fingerprint density at radius 1 is 1.26 bits per heavy atom. The van der Waals surface area contributed by atoms with E-state index in [1.54, 1.807) is 22.8 Å². The van der Waals surface area contributed by atoms with Crippen LogP contribution < -0.4 is 5.32 Å². The van der Waals surface area contributed by atoms with Crippen LogP contribution >= 0.6 is 0 Å². The lowest BCUT2D eigenvalue weighted by Crippen LogP contribution is -2.26. The molecule has 3 rings (SSSR count). The second-order valence-electron chi connectivity index (χ2n) is 4.71. The van der Waals surface area contributed by atoms with Gasteiger partial charge in [0.15, 0.2) is 5.82 Å². The highest BCUT2D eigenvalue weighted by Crippen LogP contribution is 2.04. The summed E-state index contributed by atoms with van der Waals surface area (Å²) in [6, 6.07) is 5.17. The maximum absolute atomic E-state index is 12.1. The molecular weight excluding hydrogens is 298 g/mol. The normalized spacial score (nSPS) is 10.7. The van der Waals surface area contributed by atoms with Gasteiger partial charge in [-0.05, 0) is 12.1 Å². The van der Waals surface area contributed by atoms with Crippen molar-refractivity contribution in [3.63, 3.8) is 0 Å². The van der Waals surface area contributed by atoms with Gasteiger partial charge in [0.1, 0.15) is 24.2 Å². The maximum Gasteiger partial charge on any atom is 0.269 e. The molecule has 0 fully saturated rings. The number of hydrogen-bond donors (Lipinski definition) is 1. The number of rotatable bonds is 6. The van der Waals surface area contributed by atoms with Crippen molar-refractivity contribution in [3.05, 3.63) is 48.3 Å². The summed E-state index contributed by atoms with van der Waals surface area (Å²) in [5, 5.41) is 14.0. The Hall–Kier alpha value is -3.10. The highest BCUT2D eigenvalue weighted by atomic mass is 16.5. The summed E-state index contributed by atoms with van der Waals surface area (Å²) in [4.78, 5) is 20.6. The Morgan fingerprint density at radius 3 is 2.83 bits per heavy atom. The number of carbonyl (C=O) groups is 1. The molecule has 118 valence electrons. The Labute approximate surface area is 131 Å². The van der Waals surface area contributed by atoms with E-state index in [1.807, 2.05) is 6.92 Å². The number of carbonyl (C=O) groups excluding carboxylic acids is 1. The van der Waals surface area contributed by atoms with Crippen molar-refractivity contribution in [2.24, 2.45) is 0 Å². The fourth-order valence-corrected chi connectivity index (χ4v) is 1.92. The van der Waals surface area contributed by atoms with E-state index in [0.29, 0.717) is 36.2 Å². The number of amides is 1. The highest BCUT2D eigenvalue weighted by Gasteiger charge is 2.10. The lowest BCUT2D eigenvalue weighted by Gasteiger charge is -2.05. The van der Waals surface area contributed by atoms with E-state index in [9.17, 15) is 4.79 Å². The van der Waals surface area contributed by atoms with Crippen molar-refractivity contribution >= 4 is 5.91 Å². The third-order valence-electron chi connectivity index (χ3n) is 3.10. The van der Waals surface area contributed by atoms with Gasteiger partial charge in [0.25, 0.3) is 5.91 Å². The zero-order chi connectivity index (χ0) is 16.1. The van der Waals surface area contributed by atoms with Gasteiger partial charge in [0.2, 0.25) is 5.89 Å². The first-order chi connectivity index (χ1) is 11.3. The van der Waals surface area contributed by atoms with Crippen molar-refractivity contribution in [2.45, 2.75) is 19.8 Å². The summed E-state index contributed by atoms with van der Waals surface area (Å²) >= 11 is 0. The van der Waals surface area contributed by atoms with Gasteiger partial charge in [-0.25, -0.2) is 4.98 Å². The van der Waals surface area contributed by atoms with E-state index in [2.05, 4.69) is 30.6 Å². The van der Waals surface area contributed by atoms with E-state index in [-0.39, 0.29) is 5.91 Å². The predicted octanol–water partition coefficient (Wildman–Crippen LogP) is 0.580. The van der Waals surface area contributed by atoms with Crippen LogP contribution in [0.4, 0.5) is 0 Å². The maximum atomic E-state index is 12.1. The third kappa shape index (κ3) is 3.57. The minimum absolute atomic E-state index is 0.268. The van der Waals surface area contributed by atoms with Crippen LogP contribution in [0.25, 0.3) is 5.82 Å². The van der Waals surface area contributed by atoms with Gasteiger partial charge < -0.3 is 9.84 Å². The van der Waals surface area contributed by atoms with E-state index in [1.165, 1.54) is 12.7 Å². The molecule has 0 radical (unpaired) electrons. The van der Waals surface area contributed by atoms with Gasteiger partial charge in [0, 0.05) is 19.4 Å². The molecule has 0 spiro atoms. The van der Waals surface area contributed by atoms with Crippen molar-refractivity contribution in [2.75, 3.05) is 6.54 Å². The monoisotopic (exact) mass is 313 g/mol. The second-order valence-corrected chi connectivity index (χ2v) is 4.71. The molecule has 1 amide bonds. The van der Waals surface area contributed by atoms with E-state index >= 15 is 0 Å². The van der Waals surface area contributed by atoms with Crippen LogP contribution in [0, 0.1) is 0 Å². The fraction of sp³-hybridized carbons (Fsp3) is 0.286. The molecule has 0 aliphatic carbocycles. The van der Waals surface area contributed by atoms with Crippen LogP contribution in [0.2, 0.25) is 0 Å². The number of pyridine rings is 1. The molecule has 0 unspecified atom stereocenters. The Balaban J connectivity index is 1.59. The zero-order valence-corrected chi connectivity index (χ0v) is 12.5. The molecule has 1 N–H and O–H groups in total. The largest absolute Gasteiger partial charge is 0.350 e. The molecule has 9 heteroatoms. The Bertz CT molecular complexity index is 782. The smallest absolute Gasteiger partial charge is 0.269 e. The van der Waals surface area contributed by atoms with Crippen molar-refractivity contribution < 1.29 is 9.32 Å². The van der Waals surface area contributed by atoms with Gasteiger partial charge in [-0.15, -0.1) is 10.2 Å². The summed E-state index contributed by atoms with van der Waals surface area (Å²) in [6.45, 7) is 2.34. The standard InChI is InChI=1S/C14H15N7O2/c1-2-11-19-13(23-20-11)6-7-15-14(22)10-4-3-5-12(18-10)21-8-16-17-9-21/h3-5,8-9H,2,6-7H2,1H3,(H,15,22). The average molecular weight is 313 g/mol. The van der Waals surface area contributed by atoms with Gasteiger partial charge >= 0.3 is 0 Å². The molecule has 3 aromatic heterocycles. The summed E-state index contributed by atoms with van der Waals surface area (Å²) in [5.74, 6) is 1.48. The number of hydrogen-bond acceptors (Lipinski definition) is 7. The summed E-state index contributed by atoms with van der Waals surface area (Å²) < 4.78 is 6.69. The van der Waals surface area contributed by atoms with Crippen molar-refractivity contribution in [3.8, 4) is 5.82 Å². The number of aryl methyl sites for hydroxylation is 1. The molecule has 3 heterocycles. The van der Waals surface area contributed by atoms with E-state index in [0.717, 1.165) is 6.42 Å². The van der Waals surface area contributed by atoms with Crippen LogP contribution in [-0.2, 0) is 12.8 Å². The second kappa shape index (κ2) is 6.77. The number of nitrogens with one attached hydrogen (secondary N) is 1. The number of nitrogens with zero attached hydrogens (tertiary/aromatic N) is 6. The predicted molar refractivity (Wildman–Crippen MR) is 78.9 cm³/mol. The summed E-state index contributed by atoms with van der Waals surface area (Å²) in [6.07, 6.45) is 4.23. The minimum Gasteiger partial charge on any atom is -0.350 e. The van der Waals surface area contributed by atoms with Crippen molar-refractivity contribution in [1.29, 1.82) is 0 Å². The van der Waals surface area contributed by atoms with Crippen LogP contribution in [0.3, 0.4) is 0 Å². The molecule has 23 heavy (non-hydrogen) atoms. The minimum atomic E-state index is -0.268. The first-order valence-electron chi connectivity index (χ1n) is 7.18. The zero-order valence-electron chi connectivity index (χ0n) is 12.5. The van der Waals surface area contributed by atoms with Crippen LogP contribution in [0.5, 0.6) is 0 Å². The van der Waals surface area contributed by atoms with Crippen LogP contribution in [-0.4, -0.2) is 42.3 Å². The topological polar surface area (TPSA) is 112 Å². The molecule has 0 aliphatic rings. The van der Waals surface area contributed by atoms with Crippen LogP contribution in [0.1, 0.15) is 29.1 Å². The first kappa shape index (κ1) is 14.8. The average Bonchev–Trinajstić information content (AvgIpc) is 3.26. The van der Waals surface area contributed by atoms with Crippen molar-refractivity contribution in [1.82, 2.24) is 35.2 Å². The van der Waals surface area contributed by atoms with Gasteiger partial charge in [-0.1, -0.05) is 18.1 Å². The lowest BCUT2D eigenvalue weighted by atomic mass is 10.3. The molecule has 0 atom stereocenters. The highest BCUT2D eigenvalue weighted by molar-refractivity contribution is 5.92. The molecule has 0 aromatic carbocycles. The van der Waals surface area contributed by atoms with Gasteiger partial charge in [-0.3, -0.25) is 9.36 Å². The first-order valence-corrected chi connectivity index (χ1v) is 7.18. The molecule has 0 saturated heterocycles.